The van der Waals surface area contributed by atoms with Gasteiger partial charge in [0, 0.05) is 12.1 Å². The Labute approximate surface area is 199 Å². The second kappa shape index (κ2) is 9.90. The van der Waals surface area contributed by atoms with Gasteiger partial charge in [0.2, 0.25) is 0 Å². The number of Topliss-reactive ketones (excluding diaryl/α,β-unsaturated/α-hetero) is 1. The molecule has 3 aliphatic rings. The van der Waals surface area contributed by atoms with Crippen molar-refractivity contribution in [2.75, 3.05) is 0 Å². The first-order chi connectivity index (χ1) is 15.8. The minimum atomic E-state index is -0.517. The maximum atomic E-state index is 13.4. The van der Waals surface area contributed by atoms with Crippen LogP contribution >= 0.6 is 0 Å². The molecule has 0 saturated heterocycles. The second-order valence-corrected chi connectivity index (χ2v) is 12.0. The van der Waals surface area contributed by atoms with Crippen LogP contribution in [0.2, 0.25) is 0 Å². The van der Waals surface area contributed by atoms with Gasteiger partial charge in [-0.05, 0) is 93.4 Å². The van der Waals surface area contributed by atoms with Crippen LogP contribution in [0.1, 0.15) is 104 Å². The molecule has 0 radical (unpaired) electrons. The highest BCUT2D eigenvalue weighted by Gasteiger charge is 2.54. The first-order valence-electron chi connectivity index (χ1n) is 13.4. The summed E-state index contributed by atoms with van der Waals surface area (Å²) in [6.45, 7) is 6.93. The summed E-state index contributed by atoms with van der Waals surface area (Å²) in [7, 11) is 0. The molecule has 1 aromatic rings. The summed E-state index contributed by atoms with van der Waals surface area (Å²) in [5, 5.41) is 24.2. The van der Waals surface area contributed by atoms with Crippen molar-refractivity contribution < 1.29 is 9.90 Å². The van der Waals surface area contributed by atoms with E-state index in [1.807, 2.05) is 6.92 Å². The number of fused-ring (bicyclic) bond motifs is 3. The van der Waals surface area contributed by atoms with E-state index >= 15 is 0 Å². The lowest BCUT2D eigenvalue weighted by Gasteiger charge is -2.57. The molecule has 33 heavy (non-hydrogen) atoms. The maximum absolute atomic E-state index is 13.4. The Bertz CT molecular complexity index is 869. The van der Waals surface area contributed by atoms with Gasteiger partial charge in [-0.2, -0.15) is 10.4 Å². The lowest BCUT2D eigenvalue weighted by molar-refractivity contribution is -0.140. The molecule has 0 aliphatic heterocycles. The third-order valence-electron chi connectivity index (χ3n) is 9.63. The molecule has 0 spiro atoms. The van der Waals surface area contributed by atoms with Gasteiger partial charge < -0.3 is 5.11 Å². The van der Waals surface area contributed by atoms with Crippen LogP contribution in [0.25, 0.3) is 0 Å². The van der Waals surface area contributed by atoms with Crippen molar-refractivity contribution >= 4 is 5.78 Å². The third-order valence-corrected chi connectivity index (χ3v) is 9.63. The van der Waals surface area contributed by atoms with Gasteiger partial charge in [0.25, 0.3) is 0 Å². The van der Waals surface area contributed by atoms with Crippen molar-refractivity contribution in [3.8, 4) is 6.07 Å². The number of nitrogens with zero attached hydrogens (tertiary/aromatic N) is 3. The molecule has 0 bridgehead atoms. The molecule has 4 rings (SSSR count). The number of carbonyl (C=O) groups excluding carboxylic acids is 1. The highest BCUT2D eigenvalue weighted by Crippen LogP contribution is 2.60. The van der Waals surface area contributed by atoms with Gasteiger partial charge in [-0.25, -0.2) is 0 Å². The van der Waals surface area contributed by atoms with Crippen LogP contribution in [0.4, 0.5) is 0 Å². The van der Waals surface area contributed by atoms with E-state index in [1.54, 1.807) is 16.9 Å². The van der Waals surface area contributed by atoms with Crippen LogP contribution in [-0.2, 0) is 11.3 Å². The van der Waals surface area contributed by atoms with E-state index in [9.17, 15) is 9.90 Å². The van der Waals surface area contributed by atoms with E-state index in [2.05, 4.69) is 25.0 Å². The average Bonchev–Trinajstić information content (AvgIpc) is 3.24. The largest absolute Gasteiger partial charge is 0.390 e. The summed E-state index contributed by atoms with van der Waals surface area (Å²) in [5.41, 5.74) is -0.0422. The molecule has 182 valence electrons. The molecular weight excluding hydrogens is 410 g/mol. The van der Waals surface area contributed by atoms with Gasteiger partial charge >= 0.3 is 0 Å². The zero-order valence-electron chi connectivity index (χ0n) is 20.9. The Kier molecular flexibility index (Phi) is 7.34. The first kappa shape index (κ1) is 24.5. The smallest absolute Gasteiger partial charge is 0.162 e. The Morgan fingerprint density at radius 1 is 1.33 bits per heavy atom. The van der Waals surface area contributed by atoms with Gasteiger partial charge in [-0.1, -0.05) is 39.5 Å². The number of nitriles is 1. The molecule has 3 aliphatic carbocycles. The normalized spacial score (nSPS) is 35.7. The van der Waals surface area contributed by atoms with Crippen LogP contribution in [0.3, 0.4) is 0 Å². The SMILES string of the molecule is CCCCC(C)(O)C[C@@H]1CC[C@@H]2[C@H](CC[C@]3(C)[C@@H](C(=O)Cn4ccc(C#N)n4)CCC[C@@H]23)C1. The Balaban J connectivity index is 1.40. The van der Waals surface area contributed by atoms with Crippen molar-refractivity contribution in [1.29, 1.82) is 5.26 Å². The number of hydrogen-bond donors (Lipinski definition) is 1. The lowest BCUT2D eigenvalue weighted by Crippen LogP contribution is -2.52. The van der Waals surface area contributed by atoms with Crippen LogP contribution < -0.4 is 0 Å². The third kappa shape index (κ3) is 5.21. The van der Waals surface area contributed by atoms with E-state index in [4.69, 9.17) is 5.26 Å². The van der Waals surface area contributed by atoms with Gasteiger partial charge in [0.05, 0.1) is 12.1 Å². The van der Waals surface area contributed by atoms with E-state index in [0.29, 0.717) is 23.3 Å². The van der Waals surface area contributed by atoms with Crippen molar-refractivity contribution in [3.05, 3.63) is 18.0 Å². The Morgan fingerprint density at radius 3 is 2.88 bits per heavy atom. The molecule has 1 heterocycles. The molecular formula is C28H43N3O2. The lowest BCUT2D eigenvalue weighted by atomic mass is 9.47. The molecule has 5 nitrogen and oxygen atoms in total. The zero-order chi connectivity index (χ0) is 23.6. The summed E-state index contributed by atoms with van der Waals surface area (Å²) in [6, 6.07) is 3.74. The monoisotopic (exact) mass is 453 g/mol. The summed E-state index contributed by atoms with van der Waals surface area (Å²) in [6.07, 6.45) is 15.4. The maximum Gasteiger partial charge on any atom is 0.162 e. The molecule has 0 amide bonds. The van der Waals surface area contributed by atoms with Gasteiger partial charge in [-0.15, -0.1) is 0 Å². The molecule has 3 saturated carbocycles. The Morgan fingerprint density at radius 2 is 2.15 bits per heavy atom. The van der Waals surface area contributed by atoms with Gasteiger partial charge in [-0.3, -0.25) is 9.48 Å². The summed E-state index contributed by atoms with van der Waals surface area (Å²) >= 11 is 0. The molecule has 1 aromatic heterocycles. The van der Waals surface area contributed by atoms with Gasteiger partial charge in [0.1, 0.15) is 6.07 Å². The predicted octanol–water partition coefficient (Wildman–Crippen LogP) is 5.90. The quantitative estimate of drug-likeness (QED) is 0.531. The molecule has 3 fully saturated rings. The van der Waals surface area contributed by atoms with Gasteiger partial charge in [0.15, 0.2) is 11.5 Å². The summed E-state index contributed by atoms with van der Waals surface area (Å²) in [5.74, 6) is 3.21. The van der Waals surface area contributed by atoms with Crippen LogP contribution in [0.15, 0.2) is 12.3 Å². The Hall–Kier alpha value is -1.67. The van der Waals surface area contributed by atoms with Crippen molar-refractivity contribution in [2.45, 2.75) is 110 Å². The van der Waals surface area contributed by atoms with E-state index in [1.165, 1.54) is 32.1 Å². The minimum Gasteiger partial charge on any atom is -0.390 e. The fraction of sp³-hybridized carbons (Fsp3) is 0.821. The molecule has 5 heteroatoms. The van der Waals surface area contributed by atoms with Crippen LogP contribution in [0, 0.1) is 46.3 Å². The number of aromatic nitrogens is 2. The predicted molar refractivity (Wildman–Crippen MR) is 129 cm³/mol. The summed E-state index contributed by atoms with van der Waals surface area (Å²) in [4.78, 5) is 13.4. The molecule has 1 N–H and O–H groups in total. The number of aliphatic hydroxyl groups is 1. The molecule has 0 aromatic carbocycles. The number of unbranched alkanes of at least 4 members (excludes halogenated alkanes) is 1. The first-order valence-corrected chi connectivity index (χ1v) is 13.4. The number of hydrogen-bond acceptors (Lipinski definition) is 4. The van der Waals surface area contributed by atoms with E-state index in [0.717, 1.165) is 56.8 Å². The highest BCUT2D eigenvalue weighted by atomic mass is 16.3. The molecule has 7 atom stereocenters. The zero-order valence-corrected chi connectivity index (χ0v) is 20.9. The number of ketones is 1. The fourth-order valence-electron chi connectivity index (χ4n) is 8.04. The minimum absolute atomic E-state index is 0.0984. The average molecular weight is 454 g/mol. The van der Waals surface area contributed by atoms with Crippen LogP contribution in [0.5, 0.6) is 0 Å². The second-order valence-electron chi connectivity index (χ2n) is 12.0. The molecule has 1 unspecified atom stereocenters. The standard InChI is InChI=1S/C28H43N3O2/c1-4-5-13-27(2,33)17-20-9-10-23-21(16-20)11-14-28(3)24(23)7-6-8-25(28)26(32)19-31-15-12-22(18-29)30-31/h12,15,20-21,23-25,33H,4-11,13-14,16-17,19H2,1-3H3/t20-,21-,23-,24+,25-,27?,28+/m1/s1. The van der Waals surface area contributed by atoms with E-state index in [-0.39, 0.29) is 17.9 Å². The number of rotatable bonds is 8. The van der Waals surface area contributed by atoms with Crippen molar-refractivity contribution in [2.24, 2.45) is 35.0 Å². The number of carbonyl (C=O) groups is 1. The summed E-state index contributed by atoms with van der Waals surface area (Å²) < 4.78 is 1.65. The van der Waals surface area contributed by atoms with Crippen molar-refractivity contribution in [3.63, 3.8) is 0 Å². The topological polar surface area (TPSA) is 78.9 Å². The van der Waals surface area contributed by atoms with Crippen molar-refractivity contribution in [1.82, 2.24) is 9.78 Å². The van der Waals surface area contributed by atoms with Crippen LogP contribution in [-0.4, -0.2) is 26.3 Å². The fourth-order valence-corrected chi connectivity index (χ4v) is 8.04. The highest BCUT2D eigenvalue weighted by molar-refractivity contribution is 5.81. The van der Waals surface area contributed by atoms with E-state index < -0.39 is 5.60 Å².